The third-order valence-corrected chi connectivity index (χ3v) is 6.36. The molecule has 5 nitrogen and oxygen atoms in total. The van der Waals surface area contributed by atoms with E-state index in [-0.39, 0.29) is 6.61 Å². The third kappa shape index (κ3) is 5.45. The Kier molecular flexibility index (Phi) is 6.82. The molecule has 23 heavy (non-hydrogen) atoms. The number of hydrogen-bond acceptors (Lipinski definition) is 4. The summed E-state index contributed by atoms with van der Waals surface area (Å²) in [6.07, 6.45) is 6.11. The van der Waals surface area contributed by atoms with E-state index in [0.717, 1.165) is 31.2 Å². The van der Waals surface area contributed by atoms with Crippen LogP contribution >= 0.6 is 7.52 Å². The third-order valence-electron chi connectivity index (χ3n) is 4.50. The molecule has 2 unspecified atom stereocenters. The Morgan fingerprint density at radius 2 is 1.91 bits per heavy atom. The van der Waals surface area contributed by atoms with Gasteiger partial charge in [-0.3, -0.25) is 14.9 Å². The highest BCUT2D eigenvalue weighted by atomic mass is 31.2. The summed E-state index contributed by atoms with van der Waals surface area (Å²) in [5.74, 6) is -0.155. The van der Waals surface area contributed by atoms with Crippen LogP contribution in [0.5, 0.6) is 0 Å². The average Bonchev–Trinajstić information content (AvgIpc) is 2.59. The number of ether oxygens (including phenoxy) is 1. The van der Waals surface area contributed by atoms with Crippen LogP contribution < -0.4 is 5.50 Å². The van der Waals surface area contributed by atoms with Gasteiger partial charge in [-0.05, 0) is 17.9 Å². The molecule has 1 saturated carbocycles. The number of benzene rings is 1. The lowest BCUT2D eigenvalue weighted by molar-refractivity contribution is -0.145. The van der Waals surface area contributed by atoms with Crippen LogP contribution in [0, 0.1) is 5.92 Å². The van der Waals surface area contributed by atoms with E-state index in [1.807, 2.05) is 30.3 Å². The molecule has 1 aromatic carbocycles. The quantitative estimate of drug-likeness (QED) is 0.603. The zero-order chi connectivity index (χ0) is 16.7. The highest BCUT2D eigenvalue weighted by Crippen LogP contribution is 2.47. The minimum atomic E-state index is -3.50. The van der Waals surface area contributed by atoms with Gasteiger partial charge in [0, 0.05) is 7.11 Å². The fourth-order valence-electron chi connectivity index (χ4n) is 3.08. The lowest BCUT2D eigenvalue weighted by atomic mass is 9.86. The van der Waals surface area contributed by atoms with E-state index in [9.17, 15) is 9.36 Å². The van der Waals surface area contributed by atoms with Crippen molar-refractivity contribution in [3.05, 3.63) is 35.9 Å². The van der Waals surface area contributed by atoms with Crippen molar-refractivity contribution in [1.82, 2.24) is 0 Å². The minimum Gasteiger partial charge on any atom is -0.460 e. The Morgan fingerprint density at radius 3 is 2.52 bits per heavy atom. The molecular weight excluding hydrogens is 313 g/mol. The molecule has 0 saturated heterocycles. The molecule has 1 fully saturated rings. The van der Waals surface area contributed by atoms with Crippen LogP contribution in [0.1, 0.15) is 44.1 Å². The predicted molar refractivity (Wildman–Crippen MR) is 90.0 cm³/mol. The van der Waals surface area contributed by atoms with Gasteiger partial charge in [-0.15, -0.1) is 0 Å². The van der Waals surface area contributed by atoms with Gasteiger partial charge in [0.2, 0.25) is 0 Å². The van der Waals surface area contributed by atoms with Gasteiger partial charge in [-0.1, -0.05) is 62.4 Å². The maximum absolute atomic E-state index is 12.5. The van der Waals surface area contributed by atoms with Gasteiger partial charge in [-0.25, -0.2) is 0 Å². The van der Waals surface area contributed by atoms with Crippen molar-refractivity contribution in [2.45, 2.75) is 50.8 Å². The summed E-state index contributed by atoms with van der Waals surface area (Å²) in [5.41, 5.74) is 5.79. The fraction of sp³-hybridized carbons (Fsp3) is 0.588. The molecular formula is C17H26NO4P. The molecule has 2 N–H and O–H groups in total. The molecule has 1 aromatic rings. The van der Waals surface area contributed by atoms with Crippen molar-refractivity contribution >= 4 is 13.5 Å². The summed E-state index contributed by atoms with van der Waals surface area (Å²) in [4.78, 5) is 12.4. The Balaban J connectivity index is 2.00. The molecule has 2 atom stereocenters. The predicted octanol–water partition coefficient (Wildman–Crippen LogP) is 3.87. The first-order valence-corrected chi connectivity index (χ1v) is 9.94. The molecule has 128 valence electrons. The first-order valence-electron chi connectivity index (χ1n) is 8.17. The molecule has 0 heterocycles. The molecule has 2 rings (SSSR count). The average molecular weight is 339 g/mol. The lowest BCUT2D eigenvalue weighted by Crippen LogP contribution is -2.30. The van der Waals surface area contributed by atoms with Crippen LogP contribution in [0.3, 0.4) is 0 Å². The summed E-state index contributed by atoms with van der Waals surface area (Å²) >= 11 is 0. The SMILES string of the molecule is COP(N)(=O)C(CC1CCCCC1)C(=O)OCc1ccccc1. The second-order valence-electron chi connectivity index (χ2n) is 6.18. The monoisotopic (exact) mass is 339 g/mol. The number of hydrogen-bond donors (Lipinski definition) is 1. The number of carbonyl (C=O) groups is 1. The number of carbonyl (C=O) groups excluding carboxylic acids is 1. The van der Waals surface area contributed by atoms with Crippen molar-refractivity contribution in [2.75, 3.05) is 7.11 Å². The van der Waals surface area contributed by atoms with Crippen molar-refractivity contribution in [3.63, 3.8) is 0 Å². The zero-order valence-electron chi connectivity index (χ0n) is 13.6. The highest BCUT2D eigenvalue weighted by Gasteiger charge is 2.39. The Morgan fingerprint density at radius 1 is 1.26 bits per heavy atom. The summed E-state index contributed by atoms with van der Waals surface area (Å²) < 4.78 is 22.8. The maximum Gasteiger partial charge on any atom is 0.320 e. The summed E-state index contributed by atoms with van der Waals surface area (Å²) in [6.45, 7) is 0.157. The minimum absolute atomic E-state index is 0.157. The normalized spacial score (nSPS) is 19.7. The summed E-state index contributed by atoms with van der Waals surface area (Å²) in [5, 5.41) is 0. The van der Waals surface area contributed by atoms with Gasteiger partial charge in [-0.2, -0.15) is 0 Å². The van der Waals surface area contributed by atoms with Gasteiger partial charge in [0.15, 0.2) is 0 Å². The van der Waals surface area contributed by atoms with E-state index in [1.165, 1.54) is 13.5 Å². The van der Waals surface area contributed by atoms with Crippen molar-refractivity contribution in [2.24, 2.45) is 11.4 Å². The fourth-order valence-corrected chi connectivity index (χ4v) is 4.30. The first kappa shape index (κ1) is 18.2. The van der Waals surface area contributed by atoms with E-state index < -0.39 is 19.1 Å². The smallest absolute Gasteiger partial charge is 0.320 e. The number of esters is 1. The zero-order valence-corrected chi connectivity index (χ0v) is 14.5. The molecule has 0 radical (unpaired) electrons. The highest BCUT2D eigenvalue weighted by molar-refractivity contribution is 7.58. The molecule has 0 aromatic heterocycles. The van der Waals surface area contributed by atoms with Crippen molar-refractivity contribution < 1.29 is 18.6 Å². The van der Waals surface area contributed by atoms with Crippen LogP contribution in [-0.2, 0) is 25.2 Å². The van der Waals surface area contributed by atoms with Gasteiger partial charge >= 0.3 is 5.97 Å². The Labute approximate surface area is 138 Å². The van der Waals surface area contributed by atoms with Crippen LogP contribution in [0.25, 0.3) is 0 Å². The molecule has 1 aliphatic carbocycles. The molecule has 0 bridgehead atoms. The van der Waals surface area contributed by atoms with E-state index in [0.29, 0.717) is 12.3 Å². The van der Waals surface area contributed by atoms with Gasteiger partial charge in [0.05, 0.1) is 0 Å². The molecule has 6 heteroatoms. The van der Waals surface area contributed by atoms with Gasteiger partial charge in [0.25, 0.3) is 7.52 Å². The topological polar surface area (TPSA) is 78.6 Å². The molecule has 0 aliphatic heterocycles. The van der Waals surface area contributed by atoms with Crippen LogP contribution in [0.15, 0.2) is 30.3 Å². The summed E-state index contributed by atoms with van der Waals surface area (Å²) in [6, 6.07) is 9.41. The van der Waals surface area contributed by atoms with Crippen LogP contribution in [-0.4, -0.2) is 18.7 Å². The number of rotatable bonds is 7. The van der Waals surface area contributed by atoms with E-state index >= 15 is 0 Å². The standard InChI is InChI=1S/C17H26NO4P/c1-21-23(18,20)16(12-14-8-4-2-5-9-14)17(19)22-13-15-10-6-3-7-11-15/h3,6-7,10-11,14,16H,2,4-5,8-9,12-13H2,1H3,(H2,18,20). The van der Waals surface area contributed by atoms with Crippen molar-refractivity contribution in [1.29, 1.82) is 0 Å². The Bertz CT molecular complexity index is 543. The lowest BCUT2D eigenvalue weighted by Gasteiger charge is -2.27. The molecule has 0 spiro atoms. The van der Waals surface area contributed by atoms with E-state index in [2.05, 4.69) is 0 Å². The van der Waals surface area contributed by atoms with Crippen LogP contribution in [0.2, 0.25) is 0 Å². The van der Waals surface area contributed by atoms with Crippen molar-refractivity contribution in [3.8, 4) is 0 Å². The van der Waals surface area contributed by atoms with Gasteiger partial charge in [0.1, 0.15) is 12.3 Å². The van der Waals surface area contributed by atoms with Crippen LogP contribution in [0.4, 0.5) is 0 Å². The second-order valence-corrected chi connectivity index (χ2v) is 8.46. The molecule has 1 aliphatic rings. The second kappa shape index (κ2) is 8.62. The van der Waals surface area contributed by atoms with E-state index in [1.54, 1.807) is 0 Å². The maximum atomic E-state index is 12.5. The van der Waals surface area contributed by atoms with Gasteiger partial charge < -0.3 is 9.26 Å². The largest absolute Gasteiger partial charge is 0.460 e. The van der Waals surface area contributed by atoms with E-state index in [4.69, 9.17) is 14.8 Å². The summed E-state index contributed by atoms with van der Waals surface area (Å²) in [7, 11) is -2.21. The molecule has 0 amide bonds. The number of nitrogens with two attached hydrogens (primary N) is 1. The first-order chi connectivity index (χ1) is 11.0. The Hall–Kier alpha value is -1.16.